The van der Waals surface area contributed by atoms with Crippen LogP contribution in [0.5, 0.6) is 0 Å². The van der Waals surface area contributed by atoms with Crippen molar-refractivity contribution in [1.29, 1.82) is 0 Å². The molecule has 0 saturated carbocycles. The van der Waals surface area contributed by atoms with E-state index in [2.05, 4.69) is 27.9 Å². The summed E-state index contributed by atoms with van der Waals surface area (Å²) in [6, 6.07) is 6.89. The molecule has 94 valence electrons. The van der Waals surface area contributed by atoms with E-state index in [1.165, 1.54) is 6.07 Å². The van der Waals surface area contributed by atoms with Crippen molar-refractivity contribution in [2.75, 3.05) is 5.32 Å². The van der Waals surface area contributed by atoms with Crippen LogP contribution in [0.1, 0.15) is 10.4 Å². The first kappa shape index (κ1) is 14.4. The smallest absolute Gasteiger partial charge is 0.258 e. The first-order chi connectivity index (χ1) is 8.47. The van der Waals surface area contributed by atoms with Gasteiger partial charge in [0.05, 0.1) is 20.6 Å². The van der Waals surface area contributed by atoms with Gasteiger partial charge in [-0.3, -0.25) is 4.79 Å². The Bertz CT molecular complexity index is 614. The van der Waals surface area contributed by atoms with Crippen LogP contribution >= 0.6 is 68.7 Å². The van der Waals surface area contributed by atoms with Crippen molar-refractivity contribution in [1.82, 2.24) is 0 Å². The second-order valence-electron chi connectivity index (χ2n) is 3.32. The van der Waals surface area contributed by atoms with E-state index in [1.54, 1.807) is 12.1 Å². The van der Waals surface area contributed by atoms with E-state index >= 15 is 0 Å². The molecule has 0 saturated heterocycles. The number of halogens is 4. The summed E-state index contributed by atoms with van der Waals surface area (Å²) in [4.78, 5) is 12.0. The Morgan fingerprint density at radius 3 is 2.50 bits per heavy atom. The van der Waals surface area contributed by atoms with E-state index < -0.39 is 0 Å². The normalized spacial score (nSPS) is 10.4. The van der Waals surface area contributed by atoms with Crippen molar-refractivity contribution in [3.8, 4) is 0 Å². The summed E-state index contributed by atoms with van der Waals surface area (Å²) in [6.07, 6.45) is 0. The van der Waals surface area contributed by atoms with Crippen molar-refractivity contribution < 1.29 is 4.79 Å². The molecule has 2 rings (SSSR count). The van der Waals surface area contributed by atoms with Gasteiger partial charge in [-0.05, 0) is 46.9 Å². The Morgan fingerprint density at radius 2 is 1.94 bits per heavy atom. The molecule has 1 heterocycles. The van der Waals surface area contributed by atoms with Gasteiger partial charge in [-0.2, -0.15) is 0 Å². The highest BCUT2D eigenvalue weighted by Gasteiger charge is 2.15. The third kappa shape index (κ3) is 3.30. The van der Waals surface area contributed by atoms with Crippen LogP contribution in [-0.2, 0) is 0 Å². The molecule has 0 aliphatic heterocycles. The van der Waals surface area contributed by atoms with Crippen LogP contribution in [0.4, 0.5) is 5.69 Å². The van der Waals surface area contributed by atoms with E-state index in [-0.39, 0.29) is 5.91 Å². The summed E-state index contributed by atoms with van der Waals surface area (Å²) in [7, 11) is 0. The van der Waals surface area contributed by atoms with E-state index in [0.29, 0.717) is 24.9 Å². The first-order valence-corrected chi connectivity index (χ1v) is 7.71. The molecule has 1 aromatic carbocycles. The number of carbonyl (C=O) groups is 1. The zero-order chi connectivity index (χ0) is 13.3. The van der Waals surface area contributed by atoms with Gasteiger partial charge in [0, 0.05) is 3.57 Å². The summed E-state index contributed by atoms with van der Waals surface area (Å²) in [5, 5.41) is 3.18. The Balaban J connectivity index is 2.24. The predicted octanol–water partition coefficient (Wildman–Crippen LogP) is 5.57. The fraction of sp³-hybridized carbons (Fsp3) is 0. The molecule has 0 unspecified atom stereocenters. The molecule has 0 aliphatic rings. The average molecular weight is 432 g/mol. The van der Waals surface area contributed by atoms with Gasteiger partial charge in [0.1, 0.15) is 4.34 Å². The number of thiophene rings is 1. The van der Waals surface area contributed by atoms with Crippen molar-refractivity contribution in [3.05, 3.63) is 47.1 Å². The van der Waals surface area contributed by atoms with Crippen LogP contribution in [0.3, 0.4) is 0 Å². The molecule has 0 bridgehead atoms. The second kappa shape index (κ2) is 5.96. The molecule has 0 aliphatic carbocycles. The van der Waals surface area contributed by atoms with Gasteiger partial charge in [-0.25, -0.2) is 0 Å². The van der Waals surface area contributed by atoms with E-state index in [4.69, 9.17) is 34.8 Å². The Morgan fingerprint density at radius 1 is 1.22 bits per heavy atom. The molecule has 0 fully saturated rings. The zero-order valence-corrected chi connectivity index (χ0v) is 13.9. The Hall–Kier alpha value is -0.0100. The molecule has 1 amide bonds. The van der Waals surface area contributed by atoms with Crippen molar-refractivity contribution in [2.45, 2.75) is 0 Å². The molecular weight excluding hydrogens is 427 g/mol. The number of hydrogen-bond acceptors (Lipinski definition) is 2. The molecule has 0 atom stereocenters. The molecule has 1 N–H and O–H groups in total. The van der Waals surface area contributed by atoms with E-state index in [0.717, 1.165) is 14.9 Å². The average Bonchev–Trinajstić information content (AvgIpc) is 2.62. The zero-order valence-electron chi connectivity index (χ0n) is 8.64. The van der Waals surface area contributed by atoms with Gasteiger partial charge in [0.15, 0.2) is 0 Å². The fourth-order valence-electron chi connectivity index (χ4n) is 1.28. The lowest BCUT2D eigenvalue weighted by atomic mass is 10.3. The van der Waals surface area contributed by atoms with Crippen LogP contribution in [0.2, 0.25) is 13.7 Å². The summed E-state index contributed by atoms with van der Waals surface area (Å²) in [5.74, 6) is -0.328. The van der Waals surface area contributed by atoms with Crippen LogP contribution in [0, 0.1) is 3.57 Å². The predicted molar refractivity (Wildman–Crippen MR) is 86.5 cm³/mol. The first-order valence-electron chi connectivity index (χ1n) is 4.68. The number of hydrogen-bond donors (Lipinski definition) is 1. The molecule has 18 heavy (non-hydrogen) atoms. The van der Waals surface area contributed by atoms with E-state index in [1.807, 2.05) is 6.07 Å². The summed E-state index contributed by atoms with van der Waals surface area (Å²) in [5.41, 5.74) is 0.891. The van der Waals surface area contributed by atoms with Crippen molar-refractivity contribution in [2.24, 2.45) is 0 Å². The SMILES string of the molecule is O=C(Nc1ccc(I)cc1Cl)c1cc(Cl)sc1Cl. The number of benzene rings is 1. The van der Waals surface area contributed by atoms with Crippen LogP contribution in [0.15, 0.2) is 24.3 Å². The summed E-state index contributed by atoms with van der Waals surface area (Å²) >= 11 is 21.0. The van der Waals surface area contributed by atoms with Crippen LogP contribution in [-0.4, -0.2) is 5.91 Å². The quantitative estimate of drug-likeness (QED) is 0.618. The number of rotatable bonds is 2. The van der Waals surface area contributed by atoms with Gasteiger partial charge < -0.3 is 5.32 Å². The van der Waals surface area contributed by atoms with Crippen LogP contribution in [0.25, 0.3) is 0 Å². The van der Waals surface area contributed by atoms with Gasteiger partial charge in [0.2, 0.25) is 0 Å². The molecule has 2 aromatic rings. The summed E-state index contributed by atoms with van der Waals surface area (Å²) in [6.45, 7) is 0. The lowest BCUT2D eigenvalue weighted by Crippen LogP contribution is -2.11. The molecule has 0 spiro atoms. The largest absolute Gasteiger partial charge is 0.321 e. The summed E-state index contributed by atoms with van der Waals surface area (Å²) < 4.78 is 1.82. The standard InChI is InChI=1S/C11H5Cl3INOS/c12-7-3-5(15)1-2-8(7)16-11(17)6-4-9(13)18-10(6)14/h1-4H,(H,16,17). The Kier molecular flexibility index (Phi) is 4.77. The van der Waals surface area contributed by atoms with E-state index in [9.17, 15) is 4.79 Å². The molecule has 7 heteroatoms. The third-order valence-electron chi connectivity index (χ3n) is 2.08. The highest BCUT2D eigenvalue weighted by molar-refractivity contribution is 14.1. The third-order valence-corrected chi connectivity index (χ3v) is 4.55. The van der Waals surface area contributed by atoms with Crippen molar-refractivity contribution >= 4 is 80.3 Å². The van der Waals surface area contributed by atoms with Gasteiger partial charge >= 0.3 is 0 Å². The minimum absolute atomic E-state index is 0.328. The minimum Gasteiger partial charge on any atom is -0.321 e. The molecular formula is C11H5Cl3INOS. The Labute approximate surface area is 136 Å². The van der Waals surface area contributed by atoms with Gasteiger partial charge in [-0.15, -0.1) is 11.3 Å². The van der Waals surface area contributed by atoms with Crippen LogP contribution < -0.4 is 5.32 Å². The number of nitrogens with one attached hydrogen (secondary N) is 1. The highest BCUT2D eigenvalue weighted by atomic mass is 127. The minimum atomic E-state index is -0.328. The molecule has 0 radical (unpaired) electrons. The highest BCUT2D eigenvalue weighted by Crippen LogP contribution is 2.32. The van der Waals surface area contributed by atoms with Gasteiger partial charge in [-0.1, -0.05) is 34.8 Å². The molecule has 2 nitrogen and oxygen atoms in total. The maximum Gasteiger partial charge on any atom is 0.258 e. The maximum atomic E-state index is 12.0. The number of carbonyl (C=O) groups excluding carboxylic acids is 1. The monoisotopic (exact) mass is 431 g/mol. The van der Waals surface area contributed by atoms with Crippen molar-refractivity contribution in [3.63, 3.8) is 0 Å². The molecule has 1 aromatic heterocycles. The topological polar surface area (TPSA) is 29.1 Å². The fourth-order valence-corrected chi connectivity index (χ4v) is 3.64. The second-order valence-corrected chi connectivity index (χ2v) is 7.25. The van der Waals surface area contributed by atoms with Gasteiger partial charge in [0.25, 0.3) is 5.91 Å². The lowest BCUT2D eigenvalue weighted by molar-refractivity contribution is 0.102. The maximum absolute atomic E-state index is 12.0. The lowest BCUT2D eigenvalue weighted by Gasteiger charge is -2.06. The number of amides is 1. The number of anilines is 1.